The standard InChI is InChI=1S/C25H30ClN3O7/c1-9(2)28-8-11-7-14(30)16-12(18(11)26)5-10-6-13-19(29(3)4)21(32)17(24(27)35)23(34)25(13,36)22(33)15(10)20(16)31/h7,9-10,13,15,17,19,28,30,36H,5-6,8H2,1-4H3,(H2,27,35)/t10-,13-,15?,17?,19-,25-/m0/s1. The molecule has 0 saturated heterocycles. The molecule has 1 amide bonds. The molecule has 6 atom stereocenters. The van der Waals surface area contributed by atoms with Crippen LogP contribution in [-0.4, -0.2) is 75.9 Å². The van der Waals surface area contributed by atoms with Gasteiger partial charge in [0.1, 0.15) is 5.75 Å². The molecule has 10 nitrogen and oxygen atoms in total. The van der Waals surface area contributed by atoms with Crippen LogP contribution >= 0.6 is 11.6 Å². The minimum absolute atomic E-state index is 0.0184. The van der Waals surface area contributed by atoms with E-state index in [4.69, 9.17) is 17.3 Å². The highest BCUT2D eigenvalue weighted by molar-refractivity contribution is 6.34. The van der Waals surface area contributed by atoms with Gasteiger partial charge in [-0.2, -0.15) is 0 Å². The number of likely N-dealkylation sites (N-methyl/N-ethyl adjacent to an activating group) is 1. The second-order valence-corrected chi connectivity index (χ2v) is 10.9. The van der Waals surface area contributed by atoms with Gasteiger partial charge in [0.2, 0.25) is 5.91 Å². The van der Waals surface area contributed by atoms with Crippen LogP contribution in [0.2, 0.25) is 5.02 Å². The number of ketones is 4. The summed E-state index contributed by atoms with van der Waals surface area (Å²) >= 11 is 6.65. The number of benzene rings is 1. The van der Waals surface area contributed by atoms with Crippen LogP contribution in [0, 0.1) is 23.7 Å². The molecule has 3 aliphatic carbocycles. The van der Waals surface area contributed by atoms with E-state index in [0.29, 0.717) is 22.7 Å². The van der Waals surface area contributed by atoms with Crippen molar-refractivity contribution in [2.24, 2.45) is 29.4 Å². The molecule has 2 unspecified atom stereocenters. The number of nitrogens with zero attached hydrogens (tertiary/aromatic N) is 1. The Hall–Kier alpha value is -2.66. The van der Waals surface area contributed by atoms with Crippen LogP contribution in [0.4, 0.5) is 0 Å². The number of nitrogens with one attached hydrogen (secondary N) is 1. The van der Waals surface area contributed by atoms with E-state index in [1.54, 1.807) is 0 Å². The van der Waals surface area contributed by atoms with Gasteiger partial charge in [-0.1, -0.05) is 25.4 Å². The predicted octanol–water partition coefficient (Wildman–Crippen LogP) is 0.0184. The van der Waals surface area contributed by atoms with Crippen LogP contribution in [0.25, 0.3) is 0 Å². The number of hydrogen-bond donors (Lipinski definition) is 4. The van der Waals surface area contributed by atoms with Crippen molar-refractivity contribution in [3.05, 3.63) is 27.8 Å². The summed E-state index contributed by atoms with van der Waals surface area (Å²) in [7, 11) is 3.08. The second-order valence-electron chi connectivity index (χ2n) is 10.5. The van der Waals surface area contributed by atoms with E-state index in [-0.39, 0.29) is 30.2 Å². The van der Waals surface area contributed by atoms with Crippen LogP contribution in [0.3, 0.4) is 0 Å². The summed E-state index contributed by atoms with van der Waals surface area (Å²) in [6.07, 6.45) is 0.114. The van der Waals surface area contributed by atoms with Gasteiger partial charge >= 0.3 is 0 Å². The van der Waals surface area contributed by atoms with E-state index >= 15 is 0 Å². The molecule has 0 bridgehead atoms. The zero-order chi connectivity index (χ0) is 26.9. The third-order valence-corrected chi connectivity index (χ3v) is 8.24. The molecule has 4 rings (SSSR count). The molecule has 3 aliphatic rings. The van der Waals surface area contributed by atoms with E-state index in [1.165, 1.54) is 25.1 Å². The number of hydrogen-bond acceptors (Lipinski definition) is 9. The lowest BCUT2D eigenvalue weighted by molar-refractivity contribution is -0.181. The number of aliphatic hydroxyl groups is 1. The molecule has 0 aliphatic heterocycles. The number of aromatic hydroxyl groups is 1. The minimum atomic E-state index is -2.74. The van der Waals surface area contributed by atoms with Gasteiger partial charge in [-0.15, -0.1) is 0 Å². The Morgan fingerprint density at radius 1 is 1.25 bits per heavy atom. The highest BCUT2D eigenvalue weighted by atomic mass is 35.5. The zero-order valence-corrected chi connectivity index (χ0v) is 21.3. The summed E-state index contributed by atoms with van der Waals surface area (Å²) in [5.41, 5.74) is 3.44. The zero-order valence-electron chi connectivity index (χ0n) is 20.5. The fourth-order valence-electron chi connectivity index (χ4n) is 6.15. The lowest BCUT2D eigenvalue weighted by atomic mass is 9.52. The monoisotopic (exact) mass is 519 g/mol. The number of Topliss-reactive ketones (excluding diaryl/α,β-unsaturated/α-hetero) is 4. The van der Waals surface area contributed by atoms with Crippen LogP contribution < -0.4 is 11.1 Å². The highest BCUT2D eigenvalue weighted by Crippen LogP contribution is 2.51. The molecular weight excluding hydrogens is 490 g/mol. The third-order valence-electron chi connectivity index (χ3n) is 7.77. The Bertz CT molecular complexity index is 1200. The van der Waals surface area contributed by atoms with Crippen molar-refractivity contribution >= 4 is 40.6 Å². The van der Waals surface area contributed by atoms with Crippen LogP contribution in [0.1, 0.15) is 41.8 Å². The van der Waals surface area contributed by atoms with Crippen molar-refractivity contribution in [2.75, 3.05) is 14.1 Å². The maximum atomic E-state index is 13.7. The first kappa shape index (κ1) is 26.4. The maximum Gasteiger partial charge on any atom is 0.235 e. The number of amides is 1. The molecule has 0 spiro atoms. The molecule has 1 aromatic rings. The third kappa shape index (κ3) is 3.70. The van der Waals surface area contributed by atoms with Gasteiger partial charge < -0.3 is 21.3 Å². The number of phenols is 1. The molecule has 5 N–H and O–H groups in total. The summed E-state index contributed by atoms with van der Waals surface area (Å²) in [4.78, 5) is 67.1. The summed E-state index contributed by atoms with van der Waals surface area (Å²) < 4.78 is 0. The van der Waals surface area contributed by atoms with Crippen molar-refractivity contribution in [2.45, 2.75) is 50.9 Å². The van der Waals surface area contributed by atoms with Gasteiger partial charge in [-0.25, -0.2) is 0 Å². The molecule has 1 aromatic carbocycles. The van der Waals surface area contributed by atoms with Gasteiger partial charge in [0.25, 0.3) is 0 Å². The molecule has 2 fully saturated rings. The van der Waals surface area contributed by atoms with Crippen LogP contribution in [0.5, 0.6) is 5.75 Å². The van der Waals surface area contributed by atoms with Gasteiger partial charge in [-0.3, -0.25) is 28.9 Å². The fraction of sp³-hybridized carbons (Fsp3) is 0.560. The normalized spacial score (nSPS) is 31.9. The van der Waals surface area contributed by atoms with Crippen molar-refractivity contribution in [1.29, 1.82) is 0 Å². The number of phenolic OH excluding ortho intramolecular Hbond substituents is 1. The lowest BCUT2D eigenvalue weighted by Crippen LogP contribution is -2.74. The van der Waals surface area contributed by atoms with Crippen molar-refractivity contribution in [3.63, 3.8) is 0 Å². The Morgan fingerprint density at radius 2 is 1.89 bits per heavy atom. The van der Waals surface area contributed by atoms with Crippen molar-refractivity contribution in [1.82, 2.24) is 10.2 Å². The van der Waals surface area contributed by atoms with Crippen LogP contribution in [0.15, 0.2) is 6.07 Å². The van der Waals surface area contributed by atoms with Crippen molar-refractivity contribution < 1.29 is 34.2 Å². The molecule has 2 saturated carbocycles. The van der Waals surface area contributed by atoms with Gasteiger partial charge in [0.15, 0.2) is 34.7 Å². The largest absolute Gasteiger partial charge is 0.507 e. The number of fused-ring (bicyclic) bond motifs is 3. The Balaban J connectivity index is 1.83. The number of carbonyl (C=O) groups is 5. The lowest BCUT2D eigenvalue weighted by Gasteiger charge is -2.52. The van der Waals surface area contributed by atoms with E-state index in [9.17, 15) is 34.2 Å². The summed E-state index contributed by atoms with van der Waals surface area (Å²) in [5.74, 6) is -10.8. The minimum Gasteiger partial charge on any atom is -0.507 e. The Morgan fingerprint density at radius 3 is 2.44 bits per heavy atom. The number of nitrogens with two attached hydrogens (primary N) is 1. The van der Waals surface area contributed by atoms with E-state index in [0.717, 1.165) is 0 Å². The van der Waals surface area contributed by atoms with E-state index in [1.807, 2.05) is 13.8 Å². The van der Waals surface area contributed by atoms with E-state index in [2.05, 4.69) is 5.32 Å². The number of carbonyl (C=O) groups excluding carboxylic acids is 5. The Labute approximate surface area is 213 Å². The fourth-order valence-corrected chi connectivity index (χ4v) is 6.44. The first-order chi connectivity index (χ1) is 16.7. The summed E-state index contributed by atoms with van der Waals surface area (Å²) in [6.45, 7) is 4.25. The smallest absolute Gasteiger partial charge is 0.235 e. The molecular formula is C25H30ClN3O7. The SMILES string of the molecule is CC(C)NCc1cc(O)c2c(c1Cl)C[C@H]1C[C@H]3[C@H](N(C)C)C(=O)C(C(N)=O)C(=O)[C@@]3(O)C(=O)C1C2=O. The summed E-state index contributed by atoms with van der Waals surface area (Å²) in [6, 6.07) is 0.374. The molecule has 0 aromatic heterocycles. The van der Waals surface area contributed by atoms with E-state index < -0.39 is 64.4 Å². The molecule has 0 heterocycles. The molecule has 36 heavy (non-hydrogen) atoms. The first-order valence-corrected chi connectivity index (χ1v) is 12.2. The number of primary amides is 1. The van der Waals surface area contributed by atoms with Crippen molar-refractivity contribution in [3.8, 4) is 5.75 Å². The Kier molecular flexibility index (Phi) is 6.62. The van der Waals surface area contributed by atoms with Gasteiger partial charge in [-0.05, 0) is 50.0 Å². The summed E-state index contributed by atoms with van der Waals surface area (Å²) in [5, 5.41) is 25.8. The highest BCUT2D eigenvalue weighted by Gasteiger charge is 2.69. The van der Waals surface area contributed by atoms with Gasteiger partial charge in [0.05, 0.1) is 17.5 Å². The number of halogens is 1. The average molecular weight is 520 g/mol. The first-order valence-electron chi connectivity index (χ1n) is 11.8. The maximum absolute atomic E-state index is 13.7. The quantitative estimate of drug-likeness (QED) is 0.392. The number of rotatable bonds is 5. The molecule has 11 heteroatoms. The second kappa shape index (κ2) is 9.02. The average Bonchev–Trinajstić information content (AvgIpc) is 2.77. The molecule has 194 valence electrons. The topological polar surface area (TPSA) is 167 Å². The molecule has 0 radical (unpaired) electrons. The predicted molar refractivity (Wildman–Crippen MR) is 128 cm³/mol. The van der Waals surface area contributed by atoms with Crippen LogP contribution in [-0.2, 0) is 32.1 Å². The van der Waals surface area contributed by atoms with Gasteiger partial charge in [0, 0.05) is 23.5 Å².